The highest BCUT2D eigenvalue weighted by molar-refractivity contribution is 9.10. The van der Waals surface area contributed by atoms with Crippen LogP contribution in [-0.4, -0.2) is 0 Å². The third kappa shape index (κ3) is 3.23. The molecule has 0 saturated heterocycles. The molecule has 5 heteroatoms. The van der Waals surface area contributed by atoms with Gasteiger partial charge >= 0.3 is 0 Å². The van der Waals surface area contributed by atoms with Gasteiger partial charge in [0.2, 0.25) is 0 Å². The van der Waals surface area contributed by atoms with Gasteiger partial charge in [0.15, 0.2) is 11.6 Å². The minimum Gasteiger partial charge on any atom is -0.271 e. The molecule has 0 heterocycles. The Bertz CT molecular complexity index is 617. The lowest BCUT2D eigenvalue weighted by Gasteiger charge is -2.18. The largest absolute Gasteiger partial charge is 0.271 e. The second-order valence-corrected chi connectivity index (χ2v) is 5.50. The second kappa shape index (κ2) is 6.43. The standard InChI is InChI=1S/C15H15BrF2N2/c1-9-5-6-10(7-12(9)16)14(20-19)8-11-3-2-4-13(17)15(11)18/h2-7,14,20H,8,19H2,1H3. The summed E-state index contributed by atoms with van der Waals surface area (Å²) in [5.74, 6) is 3.88. The topological polar surface area (TPSA) is 38.0 Å². The van der Waals surface area contributed by atoms with Crippen LogP contribution in [0.3, 0.4) is 0 Å². The average molecular weight is 341 g/mol. The van der Waals surface area contributed by atoms with E-state index in [9.17, 15) is 8.78 Å². The van der Waals surface area contributed by atoms with Crippen molar-refractivity contribution >= 4 is 15.9 Å². The fourth-order valence-corrected chi connectivity index (χ4v) is 2.42. The third-order valence-electron chi connectivity index (χ3n) is 3.26. The number of rotatable bonds is 4. The van der Waals surface area contributed by atoms with Gasteiger partial charge in [-0.25, -0.2) is 8.78 Å². The van der Waals surface area contributed by atoms with Gasteiger partial charge < -0.3 is 0 Å². The summed E-state index contributed by atoms with van der Waals surface area (Å²) in [5, 5.41) is 0. The van der Waals surface area contributed by atoms with E-state index >= 15 is 0 Å². The Kier molecular flexibility index (Phi) is 4.86. The van der Waals surface area contributed by atoms with Crippen LogP contribution in [0.1, 0.15) is 22.7 Å². The average Bonchev–Trinajstić information content (AvgIpc) is 2.44. The molecule has 0 saturated carbocycles. The molecule has 2 nitrogen and oxygen atoms in total. The van der Waals surface area contributed by atoms with E-state index < -0.39 is 11.6 Å². The predicted molar refractivity (Wildman–Crippen MR) is 79.0 cm³/mol. The first-order chi connectivity index (χ1) is 9.52. The molecule has 1 unspecified atom stereocenters. The van der Waals surface area contributed by atoms with Gasteiger partial charge in [-0.15, -0.1) is 0 Å². The molecule has 2 aromatic rings. The van der Waals surface area contributed by atoms with Gasteiger partial charge in [-0.05, 0) is 42.2 Å². The Morgan fingerprint density at radius 1 is 1.25 bits per heavy atom. The zero-order valence-electron chi connectivity index (χ0n) is 11.0. The quantitative estimate of drug-likeness (QED) is 0.656. The molecule has 3 N–H and O–H groups in total. The molecule has 0 aromatic heterocycles. The van der Waals surface area contributed by atoms with Crippen LogP contribution >= 0.6 is 15.9 Å². The Balaban J connectivity index is 2.28. The normalized spacial score (nSPS) is 12.4. The summed E-state index contributed by atoms with van der Waals surface area (Å²) in [4.78, 5) is 0. The summed E-state index contributed by atoms with van der Waals surface area (Å²) in [6, 6.07) is 9.66. The molecule has 0 radical (unpaired) electrons. The highest BCUT2D eigenvalue weighted by atomic mass is 79.9. The fraction of sp³-hybridized carbons (Fsp3) is 0.200. The van der Waals surface area contributed by atoms with Crippen molar-refractivity contribution in [1.29, 1.82) is 0 Å². The Morgan fingerprint density at radius 3 is 2.65 bits per heavy atom. The molecular formula is C15H15BrF2N2. The number of hydrazine groups is 1. The van der Waals surface area contributed by atoms with Crippen molar-refractivity contribution in [3.63, 3.8) is 0 Å². The molecule has 0 amide bonds. The number of nitrogens with two attached hydrogens (primary N) is 1. The summed E-state index contributed by atoms with van der Waals surface area (Å²) in [6.07, 6.45) is 0.273. The molecule has 2 rings (SSSR count). The fourth-order valence-electron chi connectivity index (χ4n) is 2.02. The van der Waals surface area contributed by atoms with Gasteiger partial charge in [-0.1, -0.05) is 40.2 Å². The van der Waals surface area contributed by atoms with Gasteiger partial charge in [0.25, 0.3) is 0 Å². The van der Waals surface area contributed by atoms with Gasteiger partial charge in [0.05, 0.1) is 6.04 Å². The first-order valence-electron chi connectivity index (χ1n) is 6.18. The number of hydrogen-bond donors (Lipinski definition) is 2. The lowest BCUT2D eigenvalue weighted by molar-refractivity contribution is 0.481. The molecule has 20 heavy (non-hydrogen) atoms. The molecule has 0 spiro atoms. The zero-order chi connectivity index (χ0) is 14.7. The zero-order valence-corrected chi connectivity index (χ0v) is 12.5. The molecule has 2 aromatic carbocycles. The summed E-state index contributed by atoms with van der Waals surface area (Å²) < 4.78 is 27.9. The number of benzene rings is 2. The Labute approximate surface area is 125 Å². The van der Waals surface area contributed by atoms with Crippen molar-refractivity contribution in [2.75, 3.05) is 0 Å². The number of halogens is 3. The van der Waals surface area contributed by atoms with Crippen molar-refractivity contribution in [2.24, 2.45) is 5.84 Å². The molecule has 0 aliphatic rings. The van der Waals surface area contributed by atoms with Crippen molar-refractivity contribution in [2.45, 2.75) is 19.4 Å². The van der Waals surface area contributed by atoms with Crippen molar-refractivity contribution in [1.82, 2.24) is 5.43 Å². The highest BCUT2D eigenvalue weighted by Gasteiger charge is 2.15. The maximum Gasteiger partial charge on any atom is 0.162 e. The molecule has 0 aliphatic carbocycles. The second-order valence-electron chi connectivity index (χ2n) is 4.64. The first-order valence-corrected chi connectivity index (χ1v) is 6.97. The number of aryl methyl sites for hydroxylation is 1. The van der Waals surface area contributed by atoms with Gasteiger partial charge in [-0.3, -0.25) is 11.3 Å². The van der Waals surface area contributed by atoms with E-state index in [4.69, 9.17) is 5.84 Å². The summed E-state index contributed by atoms with van der Waals surface area (Å²) >= 11 is 3.45. The molecule has 106 valence electrons. The van der Waals surface area contributed by atoms with E-state index in [-0.39, 0.29) is 12.5 Å². The van der Waals surface area contributed by atoms with E-state index in [1.165, 1.54) is 6.07 Å². The van der Waals surface area contributed by atoms with E-state index in [2.05, 4.69) is 21.4 Å². The van der Waals surface area contributed by atoms with Gasteiger partial charge in [-0.2, -0.15) is 0 Å². The molecule has 1 atom stereocenters. The highest BCUT2D eigenvalue weighted by Crippen LogP contribution is 2.25. The summed E-state index contributed by atoms with van der Waals surface area (Å²) in [7, 11) is 0. The van der Waals surface area contributed by atoms with Gasteiger partial charge in [0, 0.05) is 4.47 Å². The lowest BCUT2D eigenvalue weighted by atomic mass is 9.98. The van der Waals surface area contributed by atoms with Crippen LogP contribution in [0.4, 0.5) is 8.78 Å². The smallest absolute Gasteiger partial charge is 0.162 e. The van der Waals surface area contributed by atoms with Crippen LogP contribution in [0.25, 0.3) is 0 Å². The molecule has 0 aliphatic heterocycles. The maximum absolute atomic E-state index is 13.7. The van der Waals surface area contributed by atoms with Gasteiger partial charge in [0.1, 0.15) is 0 Å². The van der Waals surface area contributed by atoms with Crippen molar-refractivity contribution < 1.29 is 8.78 Å². The van der Waals surface area contributed by atoms with Crippen LogP contribution in [0, 0.1) is 18.6 Å². The van der Waals surface area contributed by atoms with Crippen LogP contribution in [-0.2, 0) is 6.42 Å². The van der Waals surface area contributed by atoms with E-state index in [0.717, 1.165) is 21.7 Å². The van der Waals surface area contributed by atoms with E-state index in [0.29, 0.717) is 5.56 Å². The van der Waals surface area contributed by atoms with Crippen LogP contribution in [0.5, 0.6) is 0 Å². The summed E-state index contributed by atoms with van der Waals surface area (Å²) in [6.45, 7) is 1.98. The van der Waals surface area contributed by atoms with Crippen LogP contribution in [0.2, 0.25) is 0 Å². The lowest BCUT2D eigenvalue weighted by Crippen LogP contribution is -2.30. The van der Waals surface area contributed by atoms with Crippen molar-refractivity contribution in [3.8, 4) is 0 Å². The van der Waals surface area contributed by atoms with E-state index in [1.54, 1.807) is 6.07 Å². The Morgan fingerprint density at radius 2 is 2.00 bits per heavy atom. The van der Waals surface area contributed by atoms with Crippen LogP contribution < -0.4 is 11.3 Å². The number of nitrogens with one attached hydrogen (secondary N) is 1. The minimum absolute atomic E-state index is 0.273. The minimum atomic E-state index is -0.844. The monoisotopic (exact) mass is 340 g/mol. The molecular weight excluding hydrogens is 326 g/mol. The molecule has 0 fully saturated rings. The number of hydrogen-bond acceptors (Lipinski definition) is 2. The SMILES string of the molecule is Cc1ccc(C(Cc2cccc(F)c2F)NN)cc1Br. The first kappa shape index (κ1) is 15.1. The van der Waals surface area contributed by atoms with Crippen LogP contribution in [0.15, 0.2) is 40.9 Å². The predicted octanol–water partition coefficient (Wildman–Crippen LogP) is 3.78. The maximum atomic E-state index is 13.7. The molecule has 0 bridgehead atoms. The van der Waals surface area contributed by atoms with Crippen molar-refractivity contribution in [3.05, 3.63) is 69.2 Å². The summed E-state index contributed by atoms with van der Waals surface area (Å²) in [5.41, 5.74) is 4.96. The Hall–Kier alpha value is -1.30. The van der Waals surface area contributed by atoms with E-state index in [1.807, 2.05) is 25.1 Å². The third-order valence-corrected chi connectivity index (χ3v) is 4.11.